The van der Waals surface area contributed by atoms with Crippen molar-refractivity contribution in [3.8, 4) is 0 Å². The van der Waals surface area contributed by atoms with Crippen LogP contribution in [0, 0.1) is 0 Å². The molecule has 1 N–H and O–H groups in total. The zero-order valence-electron chi connectivity index (χ0n) is 11.2. The lowest BCUT2D eigenvalue weighted by Gasteiger charge is -2.34. The molecule has 1 atom stereocenters. The summed E-state index contributed by atoms with van der Waals surface area (Å²) < 4.78 is 5.99. The van der Waals surface area contributed by atoms with Gasteiger partial charge in [-0.05, 0) is 36.4 Å². The normalized spacial score (nSPS) is 20.4. The van der Waals surface area contributed by atoms with Crippen LogP contribution in [0.4, 0.5) is 5.69 Å². The van der Waals surface area contributed by atoms with E-state index in [0.717, 1.165) is 4.47 Å². The van der Waals surface area contributed by atoms with Crippen LogP contribution in [-0.4, -0.2) is 17.3 Å². The number of anilines is 1. The molecule has 0 saturated carbocycles. The van der Waals surface area contributed by atoms with Gasteiger partial charge in [0.05, 0.1) is 6.26 Å². The maximum Gasteiger partial charge on any atom is 0.266 e. The lowest BCUT2D eigenvalue weighted by atomic mass is 10.1. The summed E-state index contributed by atoms with van der Waals surface area (Å²) in [5.74, 6) is -0.476. The van der Waals surface area contributed by atoms with Crippen molar-refractivity contribution in [2.75, 3.05) is 4.90 Å². The highest BCUT2D eigenvalue weighted by Crippen LogP contribution is 2.27. The quantitative estimate of drug-likeness (QED) is 0.479. The number of thiol groups is 1. The van der Waals surface area contributed by atoms with Gasteiger partial charge in [-0.25, -0.2) is 0 Å². The molecule has 0 aliphatic carbocycles. The van der Waals surface area contributed by atoms with Gasteiger partial charge >= 0.3 is 0 Å². The fourth-order valence-corrected chi connectivity index (χ4v) is 2.87. The van der Waals surface area contributed by atoms with Gasteiger partial charge in [-0.1, -0.05) is 22.0 Å². The number of nitrogens with zero attached hydrogens (tertiary/aromatic N) is 1. The van der Waals surface area contributed by atoms with Gasteiger partial charge in [0, 0.05) is 10.2 Å². The van der Waals surface area contributed by atoms with E-state index in [1.807, 2.05) is 6.07 Å². The lowest BCUT2D eigenvalue weighted by molar-refractivity contribution is -0.124. The van der Waals surface area contributed by atoms with E-state index in [1.165, 1.54) is 17.2 Å². The molecule has 1 aromatic carbocycles. The molecular formula is C15H11BrN2O3S. The molecule has 5 nitrogen and oxygen atoms in total. The van der Waals surface area contributed by atoms with Crippen molar-refractivity contribution >= 4 is 52.1 Å². The Labute approximate surface area is 140 Å². The van der Waals surface area contributed by atoms with Gasteiger partial charge in [0.2, 0.25) is 0 Å². The van der Waals surface area contributed by atoms with Crippen LogP contribution in [0.1, 0.15) is 5.76 Å². The largest absolute Gasteiger partial charge is 0.465 e. The number of carbonyl (C=O) groups is 2. The summed E-state index contributed by atoms with van der Waals surface area (Å²) in [7, 11) is 0. The summed E-state index contributed by atoms with van der Waals surface area (Å²) in [5, 5.41) is 2.65. The molecule has 1 saturated heterocycles. The third kappa shape index (κ3) is 2.82. The van der Waals surface area contributed by atoms with Crippen molar-refractivity contribution in [2.45, 2.75) is 5.50 Å². The Kier molecular flexibility index (Phi) is 4.08. The predicted molar refractivity (Wildman–Crippen MR) is 89.2 cm³/mol. The van der Waals surface area contributed by atoms with E-state index in [9.17, 15) is 9.59 Å². The second-order valence-electron chi connectivity index (χ2n) is 4.58. The lowest BCUT2D eigenvalue weighted by Crippen LogP contribution is -2.55. The summed E-state index contributed by atoms with van der Waals surface area (Å²) in [6.07, 6.45) is 2.90. The molecular weight excluding hydrogens is 368 g/mol. The van der Waals surface area contributed by atoms with Gasteiger partial charge < -0.3 is 9.73 Å². The highest BCUT2D eigenvalue weighted by atomic mass is 79.9. The number of nitrogens with one attached hydrogen (secondary N) is 1. The van der Waals surface area contributed by atoms with E-state index in [1.54, 1.807) is 30.3 Å². The molecule has 1 aliphatic rings. The van der Waals surface area contributed by atoms with Crippen LogP contribution in [0.15, 0.2) is 57.1 Å². The Morgan fingerprint density at radius 2 is 2.09 bits per heavy atom. The number of carbonyl (C=O) groups excluding carboxylic acids is 2. The third-order valence-electron chi connectivity index (χ3n) is 3.11. The van der Waals surface area contributed by atoms with Crippen LogP contribution >= 0.6 is 28.6 Å². The van der Waals surface area contributed by atoms with Gasteiger partial charge in [0.25, 0.3) is 11.8 Å². The highest BCUT2D eigenvalue weighted by molar-refractivity contribution is 9.10. The molecule has 22 heavy (non-hydrogen) atoms. The Bertz CT molecular complexity index is 758. The molecule has 2 aromatic rings. The molecule has 1 fully saturated rings. The van der Waals surface area contributed by atoms with E-state index >= 15 is 0 Å². The van der Waals surface area contributed by atoms with Crippen LogP contribution in [0.2, 0.25) is 0 Å². The number of amides is 2. The maximum atomic E-state index is 12.7. The van der Waals surface area contributed by atoms with E-state index in [0.29, 0.717) is 11.4 Å². The van der Waals surface area contributed by atoms with Crippen molar-refractivity contribution in [3.63, 3.8) is 0 Å². The van der Waals surface area contributed by atoms with Crippen molar-refractivity contribution in [1.29, 1.82) is 0 Å². The molecule has 0 spiro atoms. The van der Waals surface area contributed by atoms with Gasteiger partial charge in [0.15, 0.2) is 5.50 Å². The monoisotopic (exact) mass is 378 g/mol. The van der Waals surface area contributed by atoms with Crippen LogP contribution in [0.5, 0.6) is 0 Å². The fourth-order valence-electron chi connectivity index (χ4n) is 2.12. The molecule has 112 valence electrons. The van der Waals surface area contributed by atoms with Crippen LogP contribution < -0.4 is 10.2 Å². The third-order valence-corrected chi connectivity index (χ3v) is 3.97. The minimum atomic E-state index is -0.733. The Morgan fingerprint density at radius 3 is 2.77 bits per heavy atom. The molecule has 0 radical (unpaired) electrons. The zero-order valence-corrected chi connectivity index (χ0v) is 13.7. The molecule has 3 rings (SSSR count). The van der Waals surface area contributed by atoms with Crippen molar-refractivity contribution in [1.82, 2.24) is 5.32 Å². The van der Waals surface area contributed by atoms with E-state index in [4.69, 9.17) is 4.42 Å². The van der Waals surface area contributed by atoms with Gasteiger partial charge in [-0.3, -0.25) is 14.5 Å². The first-order valence-corrected chi connectivity index (χ1v) is 7.70. The average Bonchev–Trinajstić information content (AvgIpc) is 2.96. The van der Waals surface area contributed by atoms with E-state index in [2.05, 4.69) is 33.9 Å². The number of hydrogen-bond acceptors (Lipinski definition) is 4. The Hall–Kier alpha value is -1.99. The number of rotatable bonds is 2. The zero-order chi connectivity index (χ0) is 15.7. The van der Waals surface area contributed by atoms with E-state index in [-0.39, 0.29) is 5.57 Å². The molecule has 1 aromatic heterocycles. The molecule has 1 aliphatic heterocycles. The second-order valence-corrected chi connectivity index (χ2v) is 5.98. The first kappa shape index (κ1) is 14.9. The summed E-state index contributed by atoms with van der Waals surface area (Å²) in [6.45, 7) is 0. The first-order valence-electron chi connectivity index (χ1n) is 6.39. The Balaban J connectivity index is 2.01. The van der Waals surface area contributed by atoms with Gasteiger partial charge in [0.1, 0.15) is 11.3 Å². The van der Waals surface area contributed by atoms with Crippen molar-refractivity contribution in [2.24, 2.45) is 0 Å². The maximum absolute atomic E-state index is 12.7. The second kappa shape index (κ2) is 6.02. The first-order chi connectivity index (χ1) is 10.6. The predicted octanol–water partition coefficient (Wildman–Crippen LogP) is 2.80. The summed E-state index contributed by atoms with van der Waals surface area (Å²) >= 11 is 7.65. The summed E-state index contributed by atoms with van der Waals surface area (Å²) in [6, 6.07) is 10.6. The summed E-state index contributed by atoms with van der Waals surface area (Å²) in [5.41, 5.74) is -0.104. The van der Waals surface area contributed by atoms with E-state index < -0.39 is 17.3 Å². The number of hydrogen-bond donors (Lipinski definition) is 2. The fraction of sp³-hybridized carbons (Fsp3) is 0.0667. The van der Waals surface area contributed by atoms with Gasteiger partial charge in [-0.2, -0.15) is 0 Å². The topological polar surface area (TPSA) is 62.6 Å². The number of halogens is 1. The molecule has 2 amide bonds. The van der Waals surface area contributed by atoms with Crippen LogP contribution in [-0.2, 0) is 9.59 Å². The standard InChI is InChI=1S/C15H11BrN2O3S/c16-9-3-1-4-10(7-9)18-14(20)12(13(19)17-15(18)22)8-11-5-2-6-21-11/h1-8,15,22H,(H,17,19). The van der Waals surface area contributed by atoms with Gasteiger partial charge in [-0.15, -0.1) is 12.6 Å². The highest BCUT2D eigenvalue weighted by Gasteiger charge is 2.36. The van der Waals surface area contributed by atoms with Crippen molar-refractivity contribution in [3.05, 3.63) is 58.5 Å². The number of furan rings is 1. The smallest absolute Gasteiger partial charge is 0.266 e. The minimum Gasteiger partial charge on any atom is -0.465 e. The SMILES string of the molecule is O=C1NC(S)N(c2cccc(Br)c2)C(=O)C1=Cc1ccco1. The molecule has 2 heterocycles. The van der Waals surface area contributed by atoms with Crippen molar-refractivity contribution < 1.29 is 14.0 Å². The van der Waals surface area contributed by atoms with Crippen LogP contribution in [0.3, 0.4) is 0 Å². The Morgan fingerprint density at radius 1 is 1.27 bits per heavy atom. The number of benzene rings is 1. The summed E-state index contributed by atoms with van der Waals surface area (Å²) in [4.78, 5) is 26.1. The molecule has 1 unspecified atom stereocenters. The molecule has 0 bridgehead atoms. The minimum absolute atomic E-state index is 0.000209. The average molecular weight is 379 g/mol. The van der Waals surface area contributed by atoms with Crippen LogP contribution in [0.25, 0.3) is 6.08 Å². The molecule has 7 heteroatoms.